The minimum atomic E-state index is -0.111. The Morgan fingerprint density at radius 2 is 1.90 bits per heavy atom. The van der Waals surface area contributed by atoms with Crippen molar-refractivity contribution in [1.82, 2.24) is 10.3 Å². The second-order valence-corrected chi connectivity index (χ2v) is 5.01. The second kappa shape index (κ2) is 6.53. The molecule has 1 heterocycles. The molecule has 4 heteroatoms. The molecule has 0 atom stereocenters. The van der Waals surface area contributed by atoms with E-state index in [9.17, 15) is 4.79 Å². The molecule has 104 valence electrons. The lowest BCUT2D eigenvalue weighted by Gasteiger charge is -2.08. The predicted octanol–water partition coefficient (Wildman–Crippen LogP) is 3.54. The van der Waals surface area contributed by atoms with E-state index in [-0.39, 0.29) is 5.91 Å². The van der Waals surface area contributed by atoms with Crippen LogP contribution in [0.15, 0.2) is 36.4 Å². The zero-order valence-electron chi connectivity index (χ0n) is 11.6. The Morgan fingerprint density at radius 1 is 1.20 bits per heavy atom. The van der Waals surface area contributed by atoms with Gasteiger partial charge in [0.25, 0.3) is 5.91 Å². The van der Waals surface area contributed by atoms with Gasteiger partial charge in [0, 0.05) is 23.4 Å². The van der Waals surface area contributed by atoms with Gasteiger partial charge in [0.15, 0.2) is 0 Å². The van der Waals surface area contributed by atoms with E-state index in [2.05, 4.69) is 10.3 Å². The van der Waals surface area contributed by atoms with Gasteiger partial charge in [-0.2, -0.15) is 0 Å². The number of nitrogens with one attached hydrogen (secondary N) is 1. The van der Waals surface area contributed by atoms with Gasteiger partial charge in [-0.25, -0.2) is 4.98 Å². The Bertz CT molecular complexity index is 608. The summed E-state index contributed by atoms with van der Waals surface area (Å²) in [6, 6.07) is 11.3. The molecule has 0 fully saturated rings. The zero-order valence-corrected chi connectivity index (χ0v) is 12.4. The molecular weight excluding hydrogens is 272 g/mol. The number of hydrogen-bond acceptors (Lipinski definition) is 2. The van der Waals surface area contributed by atoms with E-state index in [1.54, 1.807) is 0 Å². The summed E-state index contributed by atoms with van der Waals surface area (Å²) < 4.78 is 0. The van der Waals surface area contributed by atoms with Crippen LogP contribution in [-0.2, 0) is 13.0 Å². The molecule has 0 saturated heterocycles. The highest BCUT2D eigenvalue weighted by Gasteiger charge is 2.07. The maximum absolute atomic E-state index is 12.0. The average Bonchev–Trinajstić information content (AvgIpc) is 2.46. The molecule has 2 aromatic rings. The maximum Gasteiger partial charge on any atom is 0.251 e. The zero-order chi connectivity index (χ0) is 14.5. The number of amides is 1. The van der Waals surface area contributed by atoms with E-state index in [0.29, 0.717) is 17.3 Å². The third-order valence-electron chi connectivity index (χ3n) is 3.10. The van der Waals surface area contributed by atoms with Gasteiger partial charge in [0.2, 0.25) is 0 Å². The fraction of sp³-hybridized carbons (Fsp3) is 0.250. The van der Waals surface area contributed by atoms with Crippen molar-refractivity contribution in [2.75, 3.05) is 0 Å². The predicted molar refractivity (Wildman–Crippen MR) is 81.0 cm³/mol. The number of halogens is 1. The standard InChI is InChI=1S/C16H17ClN2O/c1-3-14-9-8-13(15(17)19-14)10-18-16(20)12-6-4-11(2)5-7-12/h4-9H,3,10H2,1-2H3,(H,18,20). The summed E-state index contributed by atoms with van der Waals surface area (Å²) in [5, 5.41) is 3.30. The first-order valence-electron chi connectivity index (χ1n) is 6.59. The Hall–Kier alpha value is -1.87. The SMILES string of the molecule is CCc1ccc(CNC(=O)c2ccc(C)cc2)c(Cl)n1. The number of aryl methyl sites for hydroxylation is 2. The molecule has 0 unspecified atom stereocenters. The van der Waals surface area contributed by atoms with E-state index < -0.39 is 0 Å². The largest absolute Gasteiger partial charge is 0.348 e. The summed E-state index contributed by atoms with van der Waals surface area (Å²) in [5.74, 6) is -0.111. The van der Waals surface area contributed by atoms with Gasteiger partial charge < -0.3 is 5.32 Å². The van der Waals surface area contributed by atoms with Gasteiger partial charge in [-0.3, -0.25) is 4.79 Å². The summed E-state index contributed by atoms with van der Waals surface area (Å²) in [6.07, 6.45) is 0.843. The molecule has 1 aromatic carbocycles. The van der Waals surface area contributed by atoms with Crippen LogP contribution in [0, 0.1) is 6.92 Å². The quantitative estimate of drug-likeness (QED) is 0.875. The highest BCUT2D eigenvalue weighted by Crippen LogP contribution is 2.14. The van der Waals surface area contributed by atoms with Gasteiger partial charge in [0.05, 0.1) is 0 Å². The van der Waals surface area contributed by atoms with E-state index in [4.69, 9.17) is 11.6 Å². The van der Waals surface area contributed by atoms with Crippen LogP contribution in [0.1, 0.15) is 34.1 Å². The van der Waals surface area contributed by atoms with E-state index in [1.807, 2.05) is 50.2 Å². The summed E-state index contributed by atoms with van der Waals surface area (Å²) in [6.45, 7) is 4.39. The van der Waals surface area contributed by atoms with Crippen molar-refractivity contribution in [2.24, 2.45) is 0 Å². The van der Waals surface area contributed by atoms with Gasteiger partial charge in [0.1, 0.15) is 5.15 Å². The molecule has 20 heavy (non-hydrogen) atoms. The molecule has 1 N–H and O–H groups in total. The third-order valence-corrected chi connectivity index (χ3v) is 3.43. The van der Waals surface area contributed by atoms with Crippen LogP contribution >= 0.6 is 11.6 Å². The molecule has 0 aliphatic carbocycles. The molecule has 0 aliphatic rings. The first-order chi connectivity index (χ1) is 9.60. The van der Waals surface area contributed by atoms with Gasteiger partial charge >= 0.3 is 0 Å². The average molecular weight is 289 g/mol. The number of carbonyl (C=O) groups is 1. The van der Waals surface area contributed by atoms with Crippen molar-refractivity contribution in [2.45, 2.75) is 26.8 Å². The van der Waals surface area contributed by atoms with Crippen molar-refractivity contribution in [3.63, 3.8) is 0 Å². The molecular formula is C16H17ClN2O. The Balaban J connectivity index is 2.01. The van der Waals surface area contributed by atoms with Crippen LogP contribution in [-0.4, -0.2) is 10.9 Å². The minimum Gasteiger partial charge on any atom is -0.348 e. The molecule has 1 amide bonds. The fourth-order valence-corrected chi connectivity index (χ4v) is 2.05. The van der Waals surface area contributed by atoms with Crippen molar-refractivity contribution in [3.05, 3.63) is 63.9 Å². The normalized spacial score (nSPS) is 10.3. The van der Waals surface area contributed by atoms with Crippen molar-refractivity contribution >= 4 is 17.5 Å². The monoisotopic (exact) mass is 288 g/mol. The molecule has 0 spiro atoms. The first kappa shape index (κ1) is 14.5. The van der Waals surface area contributed by atoms with Crippen LogP contribution in [0.25, 0.3) is 0 Å². The van der Waals surface area contributed by atoms with Crippen LogP contribution in [0.4, 0.5) is 0 Å². The molecule has 0 aliphatic heterocycles. The summed E-state index contributed by atoms with van der Waals surface area (Å²) >= 11 is 6.10. The Labute approximate surface area is 124 Å². The highest BCUT2D eigenvalue weighted by molar-refractivity contribution is 6.30. The number of hydrogen-bond donors (Lipinski definition) is 1. The minimum absolute atomic E-state index is 0.111. The van der Waals surface area contributed by atoms with E-state index in [1.165, 1.54) is 0 Å². The van der Waals surface area contributed by atoms with Crippen LogP contribution in [0.3, 0.4) is 0 Å². The lowest BCUT2D eigenvalue weighted by molar-refractivity contribution is 0.0951. The topological polar surface area (TPSA) is 42.0 Å². The van der Waals surface area contributed by atoms with Crippen molar-refractivity contribution < 1.29 is 4.79 Å². The fourth-order valence-electron chi connectivity index (χ4n) is 1.81. The number of benzene rings is 1. The first-order valence-corrected chi connectivity index (χ1v) is 6.97. The second-order valence-electron chi connectivity index (χ2n) is 4.65. The number of aromatic nitrogens is 1. The Morgan fingerprint density at radius 3 is 2.50 bits per heavy atom. The molecule has 0 saturated carbocycles. The number of nitrogens with zero attached hydrogens (tertiary/aromatic N) is 1. The molecule has 1 aromatic heterocycles. The lowest BCUT2D eigenvalue weighted by atomic mass is 10.1. The van der Waals surface area contributed by atoms with E-state index >= 15 is 0 Å². The number of carbonyl (C=O) groups excluding carboxylic acids is 1. The maximum atomic E-state index is 12.0. The van der Waals surface area contributed by atoms with Gasteiger partial charge in [-0.05, 0) is 31.5 Å². The van der Waals surface area contributed by atoms with E-state index in [0.717, 1.165) is 23.2 Å². The molecule has 2 rings (SSSR count). The smallest absolute Gasteiger partial charge is 0.251 e. The Kier molecular flexibility index (Phi) is 4.74. The molecule has 0 radical (unpaired) electrons. The third kappa shape index (κ3) is 3.58. The van der Waals surface area contributed by atoms with Crippen molar-refractivity contribution in [3.8, 4) is 0 Å². The van der Waals surface area contributed by atoms with Gasteiger partial charge in [-0.15, -0.1) is 0 Å². The van der Waals surface area contributed by atoms with Gasteiger partial charge in [-0.1, -0.05) is 42.3 Å². The van der Waals surface area contributed by atoms with Crippen molar-refractivity contribution in [1.29, 1.82) is 0 Å². The van der Waals surface area contributed by atoms with Crippen LogP contribution in [0.2, 0.25) is 5.15 Å². The highest BCUT2D eigenvalue weighted by atomic mass is 35.5. The van der Waals surface area contributed by atoms with Crippen LogP contribution in [0.5, 0.6) is 0 Å². The number of rotatable bonds is 4. The molecule has 0 bridgehead atoms. The van der Waals surface area contributed by atoms with Crippen LogP contribution < -0.4 is 5.32 Å². The summed E-state index contributed by atoms with van der Waals surface area (Å²) in [7, 11) is 0. The molecule has 3 nitrogen and oxygen atoms in total. The number of pyridine rings is 1. The summed E-state index contributed by atoms with van der Waals surface area (Å²) in [4.78, 5) is 16.3. The summed E-state index contributed by atoms with van der Waals surface area (Å²) in [5.41, 5.74) is 3.54. The lowest BCUT2D eigenvalue weighted by Crippen LogP contribution is -2.23.